The number of nitrogens with zero attached hydrogens (tertiary/aromatic N) is 1. The lowest BCUT2D eigenvalue weighted by Crippen LogP contribution is -2.38. The van der Waals surface area contributed by atoms with E-state index in [1.54, 1.807) is 22.1 Å². The third-order valence-electron chi connectivity index (χ3n) is 3.59. The first-order valence-electron chi connectivity index (χ1n) is 7.04. The molecule has 0 bridgehead atoms. The molecule has 4 nitrogen and oxygen atoms in total. The number of hydrogen-bond acceptors (Lipinski definition) is 4. The van der Waals surface area contributed by atoms with Crippen molar-refractivity contribution in [3.63, 3.8) is 0 Å². The van der Waals surface area contributed by atoms with Gasteiger partial charge < -0.3 is 5.32 Å². The molecule has 21 heavy (non-hydrogen) atoms. The number of rotatable bonds is 5. The highest BCUT2D eigenvalue weighted by molar-refractivity contribution is 7.99. The molecule has 0 saturated carbocycles. The summed E-state index contributed by atoms with van der Waals surface area (Å²) in [5.41, 5.74) is 1.73. The average molecular weight is 349 g/mol. The Hall–Kier alpha value is -0.270. The van der Waals surface area contributed by atoms with Crippen molar-refractivity contribution < 1.29 is 8.42 Å². The third-order valence-corrected chi connectivity index (χ3v) is 6.77. The Kier molecular flexibility index (Phi) is 5.96. The highest BCUT2D eigenvalue weighted by Crippen LogP contribution is 2.28. The van der Waals surface area contributed by atoms with E-state index in [-0.39, 0.29) is 0 Å². The molecule has 0 amide bonds. The van der Waals surface area contributed by atoms with Crippen LogP contribution in [-0.2, 0) is 16.6 Å². The molecule has 7 heteroatoms. The van der Waals surface area contributed by atoms with Gasteiger partial charge in [-0.1, -0.05) is 18.5 Å². The van der Waals surface area contributed by atoms with Crippen LogP contribution >= 0.6 is 23.4 Å². The first kappa shape index (κ1) is 17.1. The van der Waals surface area contributed by atoms with Crippen LogP contribution < -0.4 is 5.32 Å². The van der Waals surface area contributed by atoms with Gasteiger partial charge in [0.2, 0.25) is 10.0 Å². The van der Waals surface area contributed by atoms with Gasteiger partial charge in [-0.05, 0) is 36.7 Å². The summed E-state index contributed by atoms with van der Waals surface area (Å²) >= 11 is 7.92. The molecular formula is C14H21ClN2O2S2. The molecule has 0 unspecified atom stereocenters. The van der Waals surface area contributed by atoms with Crippen molar-refractivity contribution in [3.05, 3.63) is 28.3 Å². The second kappa shape index (κ2) is 7.33. The van der Waals surface area contributed by atoms with Gasteiger partial charge in [0.15, 0.2) is 0 Å². The summed E-state index contributed by atoms with van der Waals surface area (Å²) in [4.78, 5) is 0.342. The number of sulfonamides is 1. The van der Waals surface area contributed by atoms with E-state index in [0.29, 0.717) is 29.6 Å². The van der Waals surface area contributed by atoms with E-state index in [0.717, 1.165) is 29.2 Å². The topological polar surface area (TPSA) is 49.4 Å². The van der Waals surface area contributed by atoms with Crippen molar-refractivity contribution in [1.29, 1.82) is 0 Å². The van der Waals surface area contributed by atoms with Crippen LogP contribution in [0.15, 0.2) is 17.0 Å². The van der Waals surface area contributed by atoms with E-state index in [1.165, 1.54) is 0 Å². The minimum Gasteiger partial charge on any atom is -0.313 e. The fraction of sp³-hybridized carbons (Fsp3) is 0.571. The lowest BCUT2D eigenvalue weighted by atomic mass is 10.1. The average Bonchev–Trinajstić information content (AvgIpc) is 2.48. The fourth-order valence-corrected chi connectivity index (χ4v) is 5.52. The molecule has 1 aromatic rings. The van der Waals surface area contributed by atoms with Gasteiger partial charge in [0.25, 0.3) is 0 Å². The molecule has 0 atom stereocenters. The summed E-state index contributed by atoms with van der Waals surface area (Å²) < 4.78 is 27.2. The van der Waals surface area contributed by atoms with E-state index in [1.807, 2.05) is 19.9 Å². The lowest BCUT2D eigenvalue weighted by molar-refractivity contribution is 0.443. The normalized spacial score (nSPS) is 17.1. The highest BCUT2D eigenvalue weighted by atomic mass is 35.5. The second-order valence-electron chi connectivity index (χ2n) is 4.98. The van der Waals surface area contributed by atoms with Gasteiger partial charge in [-0.2, -0.15) is 16.1 Å². The number of benzene rings is 1. The number of halogens is 1. The molecule has 0 radical (unpaired) electrons. The quantitative estimate of drug-likeness (QED) is 0.888. The minimum absolute atomic E-state index is 0.342. The van der Waals surface area contributed by atoms with E-state index < -0.39 is 10.0 Å². The summed E-state index contributed by atoms with van der Waals surface area (Å²) in [5.74, 6) is 1.70. The molecule has 1 aliphatic rings. The Bertz CT molecular complexity index is 599. The van der Waals surface area contributed by atoms with Crippen LogP contribution in [0.1, 0.15) is 18.1 Å². The molecule has 1 N–H and O–H groups in total. The molecule has 1 saturated heterocycles. The van der Waals surface area contributed by atoms with Gasteiger partial charge >= 0.3 is 0 Å². The van der Waals surface area contributed by atoms with Crippen LogP contribution in [0.3, 0.4) is 0 Å². The molecule has 1 heterocycles. The summed E-state index contributed by atoms with van der Waals surface area (Å²) in [6, 6.07) is 3.41. The van der Waals surface area contributed by atoms with Gasteiger partial charge in [-0.15, -0.1) is 0 Å². The van der Waals surface area contributed by atoms with Crippen molar-refractivity contribution in [2.24, 2.45) is 0 Å². The Balaban J connectivity index is 2.39. The lowest BCUT2D eigenvalue weighted by Gasteiger charge is -2.27. The monoisotopic (exact) mass is 348 g/mol. The van der Waals surface area contributed by atoms with Crippen molar-refractivity contribution >= 4 is 33.4 Å². The molecular weight excluding hydrogens is 328 g/mol. The molecule has 118 valence electrons. The Morgan fingerprint density at radius 1 is 1.33 bits per heavy atom. The van der Waals surface area contributed by atoms with Gasteiger partial charge in [0.05, 0.1) is 4.90 Å². The standard InChI is InChI=1S/C14H21ClN2O2S2/c1-3-16-10-12-8-13(15)9-14(11(12)2)21(18,19)17-4-6-20-7-5-17/h8-9,16H,3-7,10H2,1-2H3. The number of nitrogens with one attached hydrogen (secondary N) is 1. The number of thioether (sulfide) groups is 1. The van der Waals surface area contributed by atoms with Crippen molar-refractivity contribution in [2.45, 2.75) is 25.3 Å². The number of hydrogen-bond donors (Lipinski definition) is 1. The highest BCUT2D eigenvalue weighted by Gasteiger charge is 2.28. The molecule has 0 aliphatic carbocycles. The maximum atomic E-state index is 12.8. The largest absolute Gasteiger partial charge is 0.313 e. The molecule has 0 spiro atoms. The maximum Gasteiger partial charge on any atom is 0.243 e. The zero-order valence-electron chi connectivity index (χ0n) is 12.4. The van der Waals surface area contributed by atoms with E-state index in [9.17, 15) is 8.42 Å². The first-order valence-corrected chi connectivity index (χ1v) is 10.0. The van der Waals surface area contributed by atoms with Crippen LogP contribution in [0.25, 0.3) is 0 Å². The maximum absolute atomic E-state index is 12.8. The van der Waals surface area contributed by atoms with Gasteiger partial charge in [-0.3, -0.25) is 0 Å². The molecule has 1 fully saturated rings. The van der Waals surface area contributed by atoms with Crippen LogP contribution in [0.5, 0.6) is 0 Å². The van der Waals surface area contributed by atoms with Gasteiger partial charge in [0, 0.05) is 36.2 Å². The smallest absolute Gasteiger partial charge is 0.243 e. The van der Waals surface area contributed by atoms with Crippen molar-refractivity contribution in [1.82, 2.24) is 9.62 Å². The summed E-state index contributed by atoms with van der Waals surface area (Å²) in [7, 11) is -3.45. The van der Waals surface area contributed by atoms with E-state index in [2.05, 4.69) is 5.32 Å². The molecule has 2 rings (SSSR count). The van der Waals surface area contributed by atoms with Crippen LogP contribution in [0.4, 0.5) is 0 Å². The minimum atomic E-state index is -3.45. The Labute approximate surface area is 136 Å². The second-order valence-corrected chi connectivity index (χ2v) is 8.55. The summed E-state index contributed by atoms with van der Waals surface area (Å²) in [5, 5.41) is 3.69. The van der Waals surface area contributed by atoms with Crippen molar-refractivity contribution in [2.75, 3.05) is 31.1 Å². The molecule has 1 aliphatic heterocycles. The van der Waals surface area contributed by atoms with Gasteiger partial charge in [-0.25, -0.2) is 8.42 Å². The summed E-state index contributed by atoms with van der Waals surface area (Å²) in [6.07, 6.45) is 0. The van der Waals surface area contributed by atoms with E-state index >= 15 is 0 Å². The Morgan fingerprint density at radius 2 is 2.00 bits per heavy atom. The summed E-state index contributed by atoms with van der Waals surface area (Å²) in [6.45, 7) is 6.47. The fourth-order valence-electron chi connectivity index (χ4n) is 2.35. The van der Waals surface area contributed by atoms with Crippen LogP contribution in [0.2, 0.25) is 5.02 Å². The molecule has 0 aromatic heterocycles. The Morgan fingerprint density at radius 3 is 2.62 bits per heavy atom. The first-order chi connectivity index (χ1) is 9.96. The predicted octanol–water partition coefficient (Wildman–Crippen LogP) is 2.50. The zero-order chi connectivity index (χ0) is 15.5. The van der Waals surface area contributed by atoms with Gasteiger partial charge in [0.1, 0.15) is 0 Å². The SMILES string of the molecule is CCNCc1cc(Cl)cc(S(=O)(=O)N2CCSCC2)c1C. The third kappa shape index (κ3) is 3.93. The van der Waals surface area contributed by atoms with Crippen molar-refractivity contribution in [3.8, 4) is 0 Å². The van der Waals surface area contributed by atoms with Crippen LogP contribution in [-0.4, -0.2) is 43.9 Å². The predicted molar refractivity (Wildman–Crippen MR) is 89.7 cm³/mol. The van der Waals surface area contributed by atoms with Crippen LogP contribution in [0, 0.1) is 6.92 Å². The molecule has 1 aromatic carbocycles. The van der Waals surface area contributed by atoms with E-state index in [4.69, 9.17) is 11.6 Å². The zero-order valence-corrected chi connectivity index (χ0v) is 14.7.